The Morgan fingerprint density at radius 1 is 1.03 bits per heavy atom. The normalized spacial score (nSPS) is 22.5. The number of alkyl carbamates (subject to hydrolysis) is 1. The molecule has 1 saturated carbocycles. The molecule has 1 heterocycles. The lowest BCUT2D eigenvalue weighted by atomic mass is 9.91. The van der Waals surface area contributed by atoms with E-state index in [2.05, 4.69) is 34.9 Å². The van der Waals surface area contributed by atoms with Gasteiger partial charge in [0.1, 0.15) is 6.61 Å². The molecule has 2 fully saturated rings. The molecule has 2 amide bonds. The van der Waals surface area contributed by atoms with E-state index in [0.29, 0.717) is 13.0 Å². The summed E-state index contributed by atoms with van der Waals surface area (Å²) in [5, 5.41) is 15.0. The fourth-order valence-corrected chi connectivity index (χ4v) is 5.45. The number of carbonyl (C=O) groups is 3. The lowest BCUT2D eigenvalue weighted by Crippen LogP contribution is -2.53. The number of nitrogens with one attached hydrogen (secondary N) is 2. The second kappa shape index (κ2) is 9.34. The number of benzene rings is 2. The van der Waals surface area contributed by atoms with Gasteiger partial charge in [-0.15, -0.1) is 0 Å². The molecular weight excluding hydrogens is 448 g/mol. The van der Waals surface area contributed by atoms with Crippen LogP contribution in [0.4, 0.5) is 4.79 Å². The molecule has 3 N–H and O–H groups in total. The van der Waals surface area contributed by atoms with Gasteiger partial charge < -0.3 is 25.2 Å². The third-order valence-corrected chi connectivity index (χ3v) is 7.42. The molecule has 8 heteroatoms. The number of carbonyl (C=O) groups excluding carboxylic acids is 2. The summed E-state index contributed by atoms with van der Waals surface area (Å²) in [5.41, 5.74) is 3.82. The number of hydrogen-bond donors (Lipinski definition) is 3. The largest absolute Gasteiger partial charge is 0.479 e. The topological polar surface area (TPSA) is 114 Å². The molecule has 2 aromatic rings. The molecular formula is C27H30N2O6. The van der Waals surface area contributed by atoms with Crippen LogP contribution in [0.1, 0.15) is 49.7 Å². The fourth-order valence-electron chi connectivity index (χ4n) is 5.45. The van der Waals surface area contributed by atoms with Crippen LogP contribution in [0.3, 0.4) is 0 Å². The number of aliphatic carboxylic acids is 1. The van der Waals surface area contributed by atoms with Crippen molar-refractivity contribution >= 4 is 18.0 Å². The van der Waals surface area contributed by atoms with Crippen LogP contribution in [0.15, 0.2) is 48.5 Å². The molecule has 35 heavy (non-hydrogen) atoms. The minimum Gasteiger partial charge on any atom is -0.479 e. The molecule has 0 bridgehead atoms. The highest BCUT2D eigenvalue weighted by Crippen LogP contribution is 2.45. The monoisotopic (exact) mass is 478 g/mol. The standard InChI is InChI=1S/C27H30N2O6/c1-27(16-10-11-16,14-23(30)28-22-12-13-34-24(22)25(31)32)29-26(33)35-15-21-19-8-4-2-6-17(19)18-7-3-5-9-20(18)21/h2-9,16,21-22,24H,10-15H2,1H3,(H,28,30)(H,29,33)(H,31,32). The predicted molar refractivity (Wildman–Crippen MR) is 128 cm³/mol. The van der Waals surface area contributed by atoms with Crippen molar-refractivity contribution in [3.63, 3.8) is 0 Å². The minimum absolute atomic E-state index is 0.0426. The van der Waals surface area contributed by atoms with Crippen LogP contribution in [-0.2, 0) is 19.1 Å². The summed E-state index contributed by atoms with van der Waals surface area (Å²) in [6, 6.07) is 15.7. The van der Waals surface area contributed by atoms with E-state index in [0.717, 1.165) is 35.1 Å². The first-order valence-electron chi connectivity index (χ1n) is 12.1. The molecule has 1 aliphatic heterocycles. The highest BCUT2D eigenvalue weighted by Gasteiger charge is 2.45. The third kappa shape index (κ3) is 4.75. The summed E-state index contributed by atoms with van der Waals surface area (Å²) in [6.45, 7) is 2.35. The highest BCUT2D eigenvalue weighted by atomic mass is 16.5. The molecule has 0 aromatic heterocycles. The van der Waals surface area contributed by atoms with Crippen LogP contribution >= 0.6 is 0 Å². The number of carboxylic acid groups (broad SMARTS) is 1. The van der Waals surface area contributed by atoms with Crippen molar-refractivity contribution in [2.75, 3.05) is 13.2 Å². The van der Waals surface area contributed by atoms with Gasteiger partial charge in [-0.2, -0.15) is 0 Å². The molecule has 2 aromatic carbocycles. The molecule has 0 radical (unpaired) electrons. The zero-order valence-electron chi connectivity index (χ0n) is 19.7. The van der Waals surface area contributed by atoms with Gasteiger partial charge in [0.25, 0.3) is 0 Å². The first-order chi connectivity index (χ1) is 16.9. The van der Waals surface area contributed by atoms with E-state index < -0.39 is 29.7 Å². The molecule has 3 atom stereocenters. The molecule has 3 aliphatic rings. The summed E-state index contributed by atoms with van der Waals surface area (Å²) >= 11 is 0. The Morgan fingerprint density at radius 3 is 2.26 bits per heavy atom. The van der Waals surface area contributed by atoms with Gasteiger partial charge in [-0.05, 0) is 54.4 Å². The molecule has 1 saturated heterocycles. The van der Waals surface area contributed by atoms with Crippen LogP contribution in [0, 0.1) is 5.92 Å². The summed E-state index contributed by atoms with van der Waals surface area (Å²) in [5.74, 6) is -1.27. The Balaban J connectivity index is 1.21. The number of carboxylic acids is 1. The number of fused-ring (bicyclic) bond motifs is 3. The van der Waals surface area contributed by atoms with Crippen molar-refractivity contribution < 1.29 is 29.0 Å². The lowest BCUT2D eigenvalue weighted by molar-refractivity contribution is -0.148. The van der Waals surface area contributed by atoms with Crippen molar-refractivity contribution in [1.82, 2.24) is 10.6 Å². The van der Waals surface area contributed by atoms with Crippen LogP contribution in [-0.4, -0.2) is 54.0 Å². The number of hydrogen-bond acceptors (Lipinski definition) is 5. The zero-order valence-corrected chi connectivity index (χ0v) is 19.7. The van der Waals surface area contributed by atoms with E-state index in [4.69, 9.17) is 9.47 Å². The summed E-state index contributed by atoms with van der Waals surface area (Å²) in [6.07, 6.45) is 0.728. The highest BCUT2D eigenvalue weighted by molar-refractivity contribution is 5.81. The van der Waals surface area contributed by atoms with Gasteiger partial charge in [0.05, 0.1) is 11.6 Å². The third-order valence-electron chi connectivity index (χ3n) is 7.42. The van der Waals surface area contributed by atoms with Crippen molar-refractivity contribution in [3.05, 3.63) is 59.7 Å². The number of amides is 2. The van der Waals surface area contributed by atoms with Gasteiger partial charge in [-0.25, -0.2) is 9.59 Å². The van der Waals surface area contributed by atoms with E-state index >= 15 is 0 Å². The van der Waals surface area contributed by atoms with Crippen molar-refractivity contribution in [2.24, 2.45) is 5.92 Å². The number of rotatable bonds is 8. The first kappa shape index (κ1) is 23.4. The Hall–Kier alpha value is -3.39. The lowest BCUT2D eigenvalue weighted by Gasteiger charge is -2.31. The molecule has 8 nitrogen and oxygen atoms in total. The van der Waals surface area contributed by atoms with Gasteiger partial charge in [0.15, 0.2) is 6.10 Å². The van der Waals surface area contributed by atoms with Crippen molar-refractivity contribution in [1.29, 1.82) is 0 Å². The maximum absolute atomic E-state index is 12.9. The van der Waals surface area contributed by atoms with Crippen LogP contribution in [0.25, 0.3) is 11.1 Å². The van der Waals surface area contributed by atoms with E-state index in [1.807, 2.05) is 31.2 Å². The number of ether oxygens (including phenoxy) is 2. The Kier molecular flexibility index (Phi) is 6.23. The Labute approximate surface area is 204 Å². The summed E-state index contributed by atoms with van der Waals surface area (Å²) in [4.78, 5) is 37.0. The van der Waals surface area contributed by atoms with E-state index in [1.54, 1.807) is 0 Å². The Bertz CT molecular complexity index is 1100. The van der Waals surface area contributed by atoms with E-state index in [9.17, 15) is 19.5 Å². The Morgan fingerprint density at radius 2 is 1.66 bits per heavy atom. The molecule has 5 rings (SSSR count). The van der Waals surface area contributed by atoms with Crippen molar-refractivity contribution in [2.45, 2.75) is 56.2 Å². The first-order valence-corrected chi connectivity index (χ1v) is 12.1. The maximum atomic E-state index is 12.9. The van der Waals surface area contributed by atoms with Crippen LogP contribution < -0.4 is 10.6 Å². The average Bonchev–Trinajstić information content (AvgIpc) is 3.52. The predicted octanol–water partition coefficient (Wildman–Crippen LogP) is 3.44. The van der Waals surface area contributed by atoms with Gasteiger partial charge >= 0.3 is 12.1 Å². The van der Waals surface area contributed by atoms with E-state index in [-0.39, 0.29) is 30.8 Å². The second-order valence-electron chi connectivity index (χ2n) is 9.91. The van der Waals surface area contributed by atoms with Crippen LogP contribution in [0.2, 0.25) is 0 Å². The zero-order chi connectivity index (χ0) is 24.6. The van der Waals surface area contributed by atoms with Gasteiger partial charge in [-0.3, -0.25) is 4.79 Å². The van der Waals surface area contributed by atoms with E-state index in [1.165, 1.54) is 0 Å². The molecule has 2 aliphatic carbocycles. The molecule has 184 valence electrons. The second-order valence-corrected chi connectivity index (χ2v) is 9.91. The molecule has 0 spiro atoms. The molecule has 3 unspecified atom stereocenters. The minimum atomic E-state index is -1.09. The maximum Gasteiger partial charge on any atom is 0.407 e. The summed E-state index contributed by atoms with van der Waals surface area (Å²) in [7, 11) is 0. The van der Waals surface area contributed by atoms with Gasteiger partial charge in [0, 0.05) is 18.9 Å². The quantitative estimate of drug-likeness (QED) is 0.536. The van der Waals surface area contributed by atoms with Gasteiger partial charge in [0.2, 0.25) is 5.91 Å². The van der Waals surface area contributed by atoms with Crippen LogP contribution in [0.5, 0.6) is 0 Å². The summed E-state index contributed by atoms with van der Waals surface area (Å²) < 4.78 is 10.9. The fraction of sp³-hybridized carbons (Fsp3) is 0.444. The smallest absolute Gasteiger partial charge is 0.407 e. The average molecular weight is 479 g/mol. The SMILES string of the molecule is CC(CC(=O)NC1CCOC1C(=O)O)(NC(=O)OCC1c2ccccc2-c2ccccc21)C1CC1. The van der Waals surface area contributed by atoms with Crippen molar-refractivity contribution in [3.8, 4) is 11.1 Å². The van der Waals surface area contributed by atoms with Gasteiger partial charge in [-0.1, -0.05) is 48.5 Å².